The number of aliphatic carboxylic acids is 1. The summed E-state index contributed by atoms with van der Waals surface area (Å²) in [7, 11) is 0. The number of hydrogen-bond donors (Lipinski definition) is 4. The molecule has 0 aromatic rings. The van der Waals surface area contributed by atoms with Gasteiger partial charge in [-0.2, -0.15) is 0 Å². The van der Waals surface area contributed by atoms with Gasteiger partial charge in [0.25, 0.3) is 0 Å². The molecule has 1 rings (SSSR count). The number of rotatable bonds is 7. The van der Waals surface area contributed by atoms with Crippen LogP contribution in [0.15, 0.2) is 0 Å². The Morgan fingerprint density at radius 2 is 2.24 bits per heavy atom. The minimum absolute atomic E-state index is 0.0938. The van der Waals surface area contributed by atoms with Crippen LogP contribution in [0, 0.1) is 5.92 Å². The smallest absolute Gasteiger partial charge is 0.320 e. The van der Waals surface area contributed by atoms with E-state index in [0.717, 1.165) is 32.4 Å². The van der Waals surface area contributed by atoms with E-state index >= 15 is 0 Å². The summed E-state index contributed by atoms with van der Waals surface area (Å²) in [6.45, 7) is 2.27. The van der Waals surface area contributed by atoms with E-state index in [-0.39, 0.29) is 11.8 Å². The second-order valence-electron chi connectivity index (χ2n) is 4.42. The van der Waals surface area contributed by atoms with E-state index in [1.54, 1.807) is 0 Å². The maximum Gasteiger partial charge on any atom is 0.320 e. The Bertz CT molecular complexity index is 265. The zero-order valence-corrected chi connectivity index (χ0v) is 9.95. The van der Waals surface area contributed by atoms with Crippen LogP contribution in [0.2, 0.25) is 0 Å². The Labute approximate surface area is 101 Å². The third-order valence-corrected chi connectivity index (χ3v) is 2.99. The van der Waals surface area contributed by atoms with E-state index in [4.69, 9.17) is 10.8 Å². The Hall–Kier alpha value is -1.14. The highest BCUT2D eigenvalue weighted by atomic mass is 16.4. The molecular formula is C11H21N3O3. The molecule has 0 unspecified atom stereocenters. The average molecular weight is 243 g/mol. The number of carbonyl (C=O) groups excluding carboxylic acids is 1. The summed E-state index contributed by atoms with van der Waals surface area (Å²) >= 11 is 0. The van der Waals surface area contributed by atoms with Gasteiger partial charge in [-0.25, -0.2) is 0 Å². The summed E-state index contributed by atoms with van der Waals surface area (Å²) in [6.07, 6.45) is 2.84. The summed E-state index contributed by atoms with van der Waals surface area (Å²) in [6, 6.07) is -0.787. The van der Waals surface area contributed by atoms with Crippen molar-refractivity contribution in [3.8, 4) is 0 Å². The third kappa shape index (κ3) is 5.14. The predicted molar refractivity (Wildman–Crippen MR) is 63.4 cm³/mol. The number of unbranched alkanes of at least 4 members (excludes halogenated alkanes) is 1. The number of carbonyl (C=O) groups is 2. The quantitative estimate of drug-likeness (QED) is 0.442. The molecule has 0 saturated carbocycles. The van der Waals surface area contributed by atoms with Crippen molar-refractivity contribution in [1.82, 2.24) is 10.6 Å². The van der Waals surface area contributed by atoms with Crippen LogP contribution in [-0.2, 0) is 9.59 Å². The first-order valence-corrected chi connectivity index (χ1v) is 6.08. The van der Waals surface area contributed by atoms with Crippen LogP contribution < -0.4 is 16.4 Å². The van der Waals surface area contributed by atoms with Crippen molar-refractivity contribution < 1.29 is 14.7 Å². The van der Waals surface area contributed by atoms with Gasteiger partial charge in [-0.15, -0.1) is 0 Å². The molecular weight excluding hydrogens is 222 g/mol. The molecule has 0 radical (unpaired) electrons. The minimum atomic E-state index is -0.967. The van der Waals surface area contributed by atoms with E-state index in [0.29, 0.717) is 13.0 Å². The molecule has 0 aliphatic carbocycles. The van der Waals surface area contributed by atoms with Gasteiger partial charge in [-0.05, 0) is 32.2 Å². The fourth-order valence-electron chi connectivity index (χ4n) is 1.85. The molecule has 1 aliphatic rings. The van der Waals surface area contributed by atoms with Crippen molar-refractivity contribution in [3.63, 3.8) is 0 Å². The molecule has 1 heterocycles. The lowest BCUT2D eigenvalue weighted by molar-refractivity contribution is -0.138. The maximum atomic E-state index is 11.6. The van der Waals surface area contributed by atoms with Crippen molar-refractivity contribution in [3.05, 3.63) is 0 Å². The molecule has 5 N–H and O–H groups in total. The molecule has 6 heteroatoms. The van der Waals surface area contributed by atoms with Crippen molar-refractivity contribution >= 4 is 11.9 Å². The molecule has 1 aliphatic heterocycles. The number of hydrogen-bond acceptors (Lipinski definition) is 4. The van der Waals surface area contributed by atoms with Crippen LogP contribution in [-0.4, -0.2) is 42.7 Å². The Balaban J connectivity index is 2.00. The molecule has 0 bridgehead atoms. The van der Waals surface area contributed by atoms with Crippen molar-refractivity contribution in [1.29, 1.82) is 0 Å². The van der Waals surface area contributed by atoms with Gasteiger partial charge in [-0.3, -0.25) is 9.59 Å². The molecule has 1 amide bonds. The van der Waals surface area contributed by atoms with E-state index in [2.05, 4.69) is 10.6 Å². The summed E-state index contributed by atoms with van der Waals surface area (Å²) < 4.78 is 0. The molecule has 1 saturated heterocycles. The van der Waals surface area contributed by atoms with Gasteiger partial charge in [0.05, 0.1) is 5.92 Å². The molecule has 0 aromatic heterocycles. The average Bonchev–Trinajstić information content (AvgIpc) is 2.81. The maximum absolute atomic E-state index is 11.6. The highest BCUT2D eigenvalue weighted by Crippen LogP contribution is 2.07. The van der Waals surface area contributed by atoms with Gasteiger partial charge in [0.1, 0.15) is 6.04 Å². The lowest BCUT2D eigenvalue weighted by atomic mass is 10.1. The van der Waals surface area contributed by atoms with Gasteiger partial charge in [0.15, 0.2) is 0 Å². The van der Waals surface area contributed by atoms with Gasteiger partial charge in [-0.1, -0.05) is 0 Å². The van der Waals surface area contributed by atoms with Gasteiger partial charge in [0.2, 0.25) is 5.91 Å². The van der Waals surface area contributed by atoms with Crippen molar-refractivity contribution in [2.24, 2.45) is 11.7 Å². The lowest BCUT2D eigenvalue weighted by Gasteiger charge is -2.10. The van der Waals surface area contributed by atoms with Gasteiger partial charge < -0.3 is 21.5 Å². The summed E-state index contributed by atoms with van der Waals surface area (Å²) in [5.74, 6) is -0.778. The van der Waals surface area contributed by atoms with Crippen molar-refractivity contribution in [2.45, 2.75) is 31.7 Å². The Morgan fingerprint density at radius 1 is 1.47 bits per heavy atom. The number of amides is 1. The summed E-state index contributed by atoms with van der Waals surface area (Å²) in [4.78, 5) is 22.0. The summed E-state index contributed by atoms with van der Waals surface area (Å²) in [5, 5.41) is 14.6. The second-order valence-corrected chi connectivity index (χ2v) is 4.42. The standard InChI is InChI=1S/C11H21N3O3/c12-9(11(16)17)3-1-2-5-14-10(15)8-4-6-13-7-8/h8-9,13H,1-7,12H2,(H,14,15)(H,16,17)/t8-,9+/m1/s1. The second kappa shape index (κ2) is 7.24. The fraction of sp³-hybridized carbons (Fsp3) is 0.818. The highest BCUT2D eigenvalue weighted by Gasteiger charge is 2.21. The normalized spacial score (nSPS) is 21.1. The molecule has 17 heavy (non-hydrogen) atoms. The molecule has 1 fully saturated rings. The van der Waals surface area contributed by atoms with E-state index < -0.39 is 12.0 Å². The third-order valence-electron chi connectivity index (χ3n) is 2.99. The largest absolute Gasteiger partial charge is 0.480 e. The molecule has 6 nitrogen and oxygen atoms in total. The number of nitrogens with two attached hydrogens (primary N) is 1. The van der Waals surface area contributed by atoms with Crippen LogP contribution in [0.4, 0.5) is 0 Å². The zero-order chi connectivity index (χ0) is 12.7. The van der Waals surface area contributed by atoms with Crippen LogP contribution in [0.3, 0.4) is 0 Å². The zero-order valence-electron chi connectivity index (χ0n) is 9.95. The van der Waals surface area contributed by atoms with Crippen LogP contribution in [0.1, 0.15) is 25.7 Å². The SMILES string of the molecule is N[C@@H](CCCCNC(=O)[C@@H]1CCNC1)C(=O)O. The minimum Gasteiger partial charge on any atom is -0.480 e. The first-order chi connectivity index (χ1) is 8.11. The van der Waals surface area contributed by atoms with Gasteiger partial charge in [0, 0.05) is 13.1 Å². The summed E-state index contributed by atoms with van der Waals surface area (Å²) in [5.41, 5.74) is 5.36. The molecule has 0 spiro atoms. The number of nitrogens with one attached hydrogen (secondary N) is 2. The highest BCUT2D eigenvalue weighted by molar-refractivity contribution is 5.79. The van der Waals surface area contributed by atoms with E-state index in [9.17, 15) is 9.59 Å². The monoisotopic (exact) mass is 243 g/mol. The molecule has 98 valence electrons. The molecule has 2 atom stereocenters. The van der Waals surface area contributed by atoms with E-state index in [1.807, 2.05) is 0 Å². The Morgan fingerprint density at radius 3 is 2.82 bits per heavy atom. The molecule has 0 aromatic carbocycles. The van der Waals surface area contributed by atoms with Crippen molar-refractivity contribution in [2.75, 3.05) is 19.6 Å². The number of carboxylic acid groups (broad SMARTS) is 1. The Kier molecular flexibility index (Phi) is 5.93. The first-order valence-electron chi connectivity index (χ1n) is 6.08. The van der Waals surface area contributed by atoms with E-state index in [1.165, 1.54) is 0 Å². The van der Waals surface area contributed by atoms with Crippen LogP contribution in [0.25, 0.3) is 0 Å². The first kappa shape index (κ1) is 13.9. The lowest BCUT2D eigenvalue weighted by Crippen LogP contribution is -2.33. The topological polar surface area (TPSA) is 104 Å². The van der Waals surface area contributed by atoms with Crippen LogP contribution >= 0.6 is 0 Å². The van der Waals surface area contributed by atoms with Crippen LogP contribution in [0.5, 0.6) is 0 Å². The fourth-order valence-corrected chi connectivity index (χ4v) is 1.85. The number of carboxylic acids is 1. The predicted octanol–water partition coefficient (Wildman–Crippen LogP) is -0.706. The van der Waals surface area contributed by atoms with Gasteiger partial charge >= 0.3 is 5.97 Å².